The van der Waals surface area contributed by atoms with E-state index in [0.717, 1.165) is 12.8 Å². The normalized spacial score (nSPS) is 12.1. The van der Waals surface area contributed by atoms with Crippen molar-refractivity contribution >= 4 is 17.6 Å². The van der Waals surface area contributed by atoms with Crippen molar-refractivity contribution in [3.63, 3.8) is 0 Å². The molecule has 1 amide bonds. The van der Waals surface area contributed by atoms with Crippen LogP contribution in [0.5, 0.6) is 5.75 Å². The quantitative estimate of drug-likeness (QED) is 0.161. The number of nitrogens with one attached hydrogen (secondary N) is 1. The first-order valence-electron chi connectivity index (χ1n) is 9.45. The number of carboxylic acid groups (broad SMARTS) is 1. The van der Waals surface area contributed by atoms with Crippen LogP contribution in [0.2, 0.25) is 0 Å². The number of aliphatic carboxylic acids is 1. The third-order valence-corrected chi connectivity index (χ3v) is 4.30. The average Bonchev–Trinajstić information content (AvgIpc) is 2.70. The first-order chi connectivity index (χ1) is 13.9. The summed E-state index contributed by atoms with van der Waals surface area (Å²) in [5.41, 5.74) is 0.0828. The summed E-state index contributed by atoms with van der Waals surface area (Å²) in [6.45, 7) is 2.33. The van der Waals surface area contributed by atoms with E-state index in [1.54, 1.807) is 30.3 Å². The number of hydrogen-bond donors (Lipinski definition) is 3. The summed E-state index contributed by atoms with van der Waals surface area (Å²) in [6.07, 6.45) is 8.16. The standard InChI is InChI=1S/C22H26N2O5/c1-3-5-9-20(25)19(15-23)21(26)24-17-10-12-18(13-11-17)29-14-7-6-8-16(4-2)22(27)28/h1,10-13,16,25H,4-9,14H2,2H3,(H,24,26)(H,27,28)/b20-19-. The Balaban J connectivity index is 2.49. The first kappa shape index (κ1) is 23.6. The maximum absolute atomic E-state index is 12.1. The summed E-state index contributed by atoms with van der Waals surface area (Å²) in [5.74, 6) is 0.833. The summed E-state index contributed by atoms with van der Waals surface area (Å²) < 4.78 is 5.61. The number of allylic oxidation sites excluding steroid dienone is 1. The fraction of sp³-hybridized carbons (Fsp3) is 0.409. The molecule has 0 aromatic heterocycles. The Bertz CT molecular complexity index is 800. The van der Waals surface area contributed by atoms with Gasteiger partial charge in [-0.15, -0.1) is 12.3 Å². The lowest BCUT2D eigenvalue weighted by Gasteiger charge is -2.10. The fourth-order valence-corrected chi connectivity index (χ4v) is 2.58. The lowest BCUT2D eigenvalue weighted by atomic mass is 10.00. The van der Waals surface area contributed by atoms with E-state index in [1.807, 2.05) is 6.92 Å². The number of unbranched alkanes of at least 4 members (excludes halogenated alkanes) is 1. The largest absolute Gasteiger partial charge is 0.511 e. The highest BCUT2D eigenvalue weighted by molar-refractivity contribution is 6.06. The third-order valence-electron chi connectivity index (χ3n) is 4.30. The molecule has 0 spiro atoms. The van der Waals surface area contributed by atoms with Crippen LogP contribution in [-0.2, 0) is 9.59 Å². The Morgan fingerprint density at radius 2 is 1.93 bits per heavy atom. The van der Waals surface area contributed by atoms with Gasteiger partial charge in [0.1, 0.15) is 17.6 Å². The summed E-state index contributed by atoms with van der Waals surface area (Å²) >= 11 is 0. The molecule has 0 aliphatic rings. The van der Waals surface area contributed by atoms with Gasteiger partial charge in [0.15, 0.2) is 5.57 Å². The molecule has 0 radical (unpaired) electrons. The van der Waals surface area contributed by atoms with Gasteiger partial charge < -0.3 is 20.3 Å². The van der Waals surface area contributed by atoms with E-state index in [4.69, 9.17) is 21.5 Å². The van der Waals surface area contributed by atoms with Crippen molar-refractivity contribution in [3.05, 3.63) is 35.6 Å². The van der Waals surface area contributed by atoms with Crippen molar-refractivity contribution in [2.45, 2.75) is 45.4 Å². The van der Waals surface area contributed by atoms with Crippen LogP contribution >= 0.6 is 0 Å². The van der Waals surface area contributed by atoms with Crippen LogP contribution in [0.4, 0.5) is 5.69 Å². The van der Waals surface area contributed by atoms with Crippen LogP contribution in [0.25, 0.3) is 0 Å². The number of anilines is 1. The van der Waals surface area contributed by atoms with Crippen molar-refractivity contribution in [2.75, 3.05) is 11.9 Å². The minimum atomic E-state index is -0.759. The van der Waals surface area contributed by atoms with Gasteiger partial charge in [-0.25, -0.2) is 0 Å². The number of ether oxygens (including phenoxy) is 1. The Morgan fingerprint density at radius 1 is 1.24 bits per heavy atom. The lowest BCUT2D eigenvalue weighted by molar-refractivity contribution is -0.142. The summed E-state index contributed by atoms with van der Waals surface area (Å²) in [6, 6.07) is 8.29. The highest BCUT2D eigenvalue weighted by Gasteiger charge is 2.15. The van der Waals surface area contributed by atoms with E-state index in [1.165, 1.54) is 0 Å². The molecule has 1 aromatic carbocycles. The second-order valence-corrected chi connectivity index (χ2v) is 6.40. The van der Waals surface area contributed by atoms with Crippen molar-refractivity contribution in [2.24, 2.45) is 5.92 Å². The smallest absolute Gasteiger partial charge is 0.306 e. The van der Waals surface area contributed by atoms with Gasteiger partial charge in [-0.3, -0.25) is 9.59 Å². The molecule has 1 rings (SSSR count). The number of terminal acetylenes is 1. The molecule has 0 fully saturated rings. The lowest BCUT2D eigenvalue weighted by Crippen LogP contribution is -2.15. The molecule has 29 heavy (non-hydrogen) atoms. The molecular weight excluding hydrogens is 372 g/mol. The molecule has 3 N–H and O–H groups in total. The number of aliphatic hydroxyl groups is 1. The van der Waals surface area contributed by atoms with Gasteiger partial charge in [0, 0.05) is 18.5 Å². The second-order valence-electron chi connectivity index (χ2n) is 6.40. The van der Waals surface area contributed by atoms with Gasteiger partial charge in [-0.2, -0.15) is 5.26 Å². The fourth-order valence-electron chi connectivity index (χ4n) is 2.58. The van der Waals surface area contributed by atoms with Gasteiger partial charge >= 0.3 is 5.97 Å². The summed E-state index contributed by atoms with van der Waals surface area (Å²) in [7, 11) is 0. The molecule has 0 saturated heterocycles. The number of benzene rings is 1. The van der Waals surface area contributed by atoms with E-state index in [-0.39, 0.29) is 30.1 Å². The minimum absolute atomic E-state index is 0.0606. The zero-order valence-corrected chi connectivity index (χ0v) is 16.5. The molecule has 154 valence electrons. The van der Waals surface area contributed by atoms with E-state index in [0.29, 0.717) is 30.9 Å². The molecule has 0 saturated carbocycles. The highest BCUT2D eigenvalue weighted by atomic mass is 16.5. The molecule has 7 heteroatoms. The highest BCUT2D eigenvalue weighted by Crippen LogP contribution is 2.18. The predicted octanol–water partition coefficient (Wildman–Crippen LogP) is 4.03. The topological polar surface area (TPSA) is 120 Å². The molecule has 1 aromatic rings. The Labute approximate surface area is 171 Å². The van der Waals surface area contributed by atoms with E-state index >= 15 is 0 Å². The van der Waals surface area contributed by atoms with Crippen molar-refractivity contribution in [3.8, 4) is 24.2 Å². The number of rotatable bonds is 12. The molecule has 0 heterocycles. The van der Waals surface area contributed by atoms with Gasteiger partial charge in [0.2, 0.25) is 0 Å². The molecule has 0 aliphatic heterocycles. The summed E-state index contributed by atoms with van der Waals surface area (Å²) in [4.78, 5) is 23.1. The Morgan fingerprint density at radius 3 is 2.48 bits per heavy atom. The van der Waals surface area contributed by atoms with Crippen LogP contribution in [-0.4, -0.2) is 28.7 Å². The van der Waals surface area contributed by atoms with Gasteiger partial charge in [-0.05, 0) is 49.9 Å². The summed E-state index contributed by atoms with van der Waals surface area (Å²) in [5, 5.41) is 30.4. The number of nitrogens with zero attached hydrogens (tertiary/aromatic N) is 1. The number of carboxylic acids is 1. The molecular formula is C22H26N2O5. The average molecular weight is 398 g/mol. The monoisotopic (exact) mass is 398 g/mol. The maximum atomic E-state index is 12.1. The van der Waals surface area contributed by atoms with Gasteiger partial charge in [0.25, 0.3) is 5.91 Å². The van der Waals surface area contributed by atoms with Crippen molar-refractivity contribution in [1.29, 1.82) is 5.26 Å². The van der Waals surface area contributed by atoms with Crippen LogP contribution in [0, 0.1) is 29.6 Å². The van der Waals surface area contributed by atoms with Crippen LogP contribution in [0.15, 0.2) is 35.6 Å². The zero-order valence-electron chi connectivity index (χ0n) is 16.5. The van der Waals surface area contributed by atoms with Gasteiger partial charge in [0.05, 0.1) is 12.5 Å². The van der Waals surface area contributed by atoms with Crippen LogP contribution in [0.3, 0.4) is 0 Å². The number of aliphatic hydroxyl groups excluding tert-OH is 1. The third kappa shape index (κ3) is 8.40. The van der Waals surface area contributed by atoms with E-state index in [2.05, 4.69) is 11.2 Å². The Hall–Kier alpha value is -3.45. The number of carbonyl (C=O) groups is 2. The number of amides is 1. The first-order valence-corrected chi connectivity index (χ1v) is 9.45. The second kappa shape index (κ2) is 12.9. The van der Waals surface area contributed by atoms with E-state index < -0.39 is 11.9 Å². The van der Waals surface area contributed by atoms with Crippen molar-refractivity contribution in [1.82, 2.24) is 0 Å². The van der Waals surface area contributed by atoms with Crippen molar-refractivity contribution < 1.29 is 24.5 Å². The predicted molar refractivity (Wildman–Crippen MR) is 109 cm³/mol. The SMILES string of the molecule is C#CCC/C(O)=C(\C#N)C(=O)Nc1ccc(OCCCCC(CC)C(=O)O)cc1. The number of hydrogen-bond acceptors (Lipinski definition) is 5. The molecule has 1 unspecified atom stereocenters. The molecule has 0 bridgehead atoms. The Kier molecular flexibility index (Phi) is 10.5. The van der Waals surface area contributed by atoms with Crippen LogP contribution in [0.1, 0.15) is 45.4 Å². The van der Waals surface area contributed by atoms with Crippen LogP contribution < -0.4 is 10.1 Å². The minimum Gasteiger partial charge on any atom is -0.511 e. The molecule has 0 aliphatic carbocycles. The maximum Gasteiger partial charge on any atom is 0.306 e. The zero-order chi connectivity index (χ0) is 21.6. The van der Waals surface area contributed by atoms with E-state index in [9.17, 15) is 14.7 Å². The molecule has 1 atom stereocenters. The molecule has 7 nitrogen and oxygen atoms in total. The number of nitriles is 1. The number of carbonyl (C=O) groups excluding carboxylic acids is 1. The van der Waals surface area contributed by atoms with Gasteiger partial charge in [-0.1, -0.05) is 6.92 Å².